The van der Waals surface area contributed by atoms with E-state index in [0.29, 0.717) is 6.61 Å². The van der Waals surface area contributed by atoms with E-state index in [1.807, 2.05) is 6.07 Å². The molecule has 5 nitrogen and oxygen atoms in total. The van der Waals surface area contributed by atoms with Crippen LogP contribution in [0.1, 0.15) is 11.8 Å². The predicted molar refractivity (Wildman–Crippen MR) is 74.8 cm³/mol. The molecule has 1 fully saturated rings. The Morgan fingerprint density at radius 3 is 3.05 bits per heavy atom. The Morgan fingerprint density at radius 1 is 1.25 bits per heavy atom. The van der Waals surface area contributed by atoms with Crippen molar-refractivity contribution in [1.29, 1.82) is 0 Å². The summed E-state index contributed by atoms with van der Waals surface area (Å²) in [5, 5.41) is 5.89. The lowest BCUT2D eigenvalue weighted by Gasteiger charge is -2.35. The van der Waals surface area contributed by atoms with Gasteiger partial charge in [0.15, 0.2) is 0 Å². The summed E-state index contributed by atoms with van der Waals surface area (Å²) in [6.07, 6.45) is 0.134. The summed E-state index contributed by atoms with van der Waals surface area (Å²) in [6, 6.07) is 8.30. The molecule has 0 amide bonds. The van der Waals surface area contributed by atoms with E-state index in [-0.39, 0.29) is 12.2 Å². The van der Waals surface area contributed by atoms with Gasteiger partial charge in [0.2, 0.25) is 0 Å². The highest BCUT2D eigenvalue weighted by molar-refractivity contribution is 5.82. The molecule has 0 bridgehead atoms. The minimum Gasteiger partial charge on any atom is -0.367 e. The predicted octanol–water partition coefficient (Wildman–Crippen LogP) is 0.0211. The van der Waals surface area contributed by atoms with Crippen molar-refractivity contribution in [3.8, 4) is 0 Å². The smallest absolute Gasteiger partial charge is 0.138 e. The van der Waals surface area contributed by atoms with E-state index in [4.69, 9.17) is 14.6 Å². The molecule has 0 saturated carbocycles. The number of fused-ring (bicyclic) bond motifs is 3. The van der Waals surface area contributed by atoms with Gasteiger partial charge in [-0.15, -0.1) is 0 Å². The van der Waals surface area contributed by atoms with Crippen LogP contribution < -0.4 is 4.90 Å². The van der Waals surface area contributed by atoms with E-state index >= 15 is 0 Å². The molecule has 1 N–H and O–H groups in total. The number of quaternary nitrogens is 1. The molecule has 3 heterocycles. The standard InChI is InChI=1S/C15H19N3O2/c1-17-6-8-19-13(10-17)15-14-11-4-2-3-5-12(11)16-18(14)7-9-20-15/h2-5,13,15H,6-10H2,1H3/p+1/t13-,15+/m1/s1. The third-order valence-corrected chi connectivity index (χ3v) is 4.30. The van der Waals surface area contributed by atoms with Crippen LogP contribution in [0, 0.1) is 0 Å². The number of nitrogens with zero attached hydrogens (tertiary/aromatic N) is 2. The van der Waals surface area contributed by atoms with E-state index in [9.17, 15) is 0 Å². The normalized spacial score (nSPS) is 30.4. The van der Waals surface area contributed by atoms with Crippen molar-refractivity contribution in [2.75, 3.05) is 33.4 Å². The van der Waals surface area contributed by atoms with Gasteiger partial charge in [0, 0.05) is 5.39 Å². The third-order valence-electron chi connectivity index (χ3n) is 4.30. The van der Waals surface area contributed by atoms with Crippen LogP contribution in [-0.2, 0) is 16.0 Å². The molecule has 0 aliphatic carbocycles. The highest BCUT2D eigenvalue weighted by Crippen LogP contribution is 2.32. The van der Waals surface area contributed by atoms with E-state index < -0.39 is 0 Å². The van der Waals surface area contributed by atoms with Crippen LogP contribution in [0.15, 0.2) is 24.3 Å². The molecule has 0 spiro atoms. The van der Waals surface area contributed by atoms with Crippen molar-refractivity contribution in [3.05, 3.63) is 30.0 Å². The minimum atomic E-state index is 0.00593. The number of benzene rings is 1. The largest absolute Gasteiger partial charge is 0.367 e. The van der Waals surface area contributed by atoms with Gasteiger partial charge in [0.25, 0.3) is 0 Å². The fraction of sp³-hybridized carbons (Fsp3) is 0.533. The maximum absolute atomic E-state index is 6.06. The molecule has 1 aromatic carbocycles. The minimum absolute atomic E-state index is 0.00593. The van der Waals surface area contributed by atoms with Gasteiger partial charge in [0.05, 0.1) is 38.0 Å². The van der Waals surface area contributed by atoms with Crippen molar-refractivity contribution in [2.45, 2.75) is 18.8 Å². The maximum Gasteiger partial charge on any atom is 0.138 e. The lowest BCUT2D eigenvalue weighted by Crippen LogP contribution is -3.12. The first-order chi connectivity index (χ1) is 9.83. The third kappa shape index (κ3) is 1.93. The summed E-state index contributed by atoms with van der Waals surface area (Å²) in [6.45, 7) is 4.41. The Labute approximate surface area is 118 Å². The summed E-state index contributed by atoms with van der Waals surface area (Å²) in [5.41, 5.74) is 2.24. The lowest BCUT2D eigenvalue weighted by atomic mass is 10.0. The zero-order chi connectivity index (χ0) is 13.5. The van der Waals surface area contributed by atoms with E-state index in [1.54, 1.807) is 0 Å². The number of hydrogen-bond donors (Lipinski definition) is 1. The molecule has 2 aliphatic heterocycles. The second-order valence-electron chi connectivity index (χ2n) is 5.74. The molecule has 2 aromatic rings. The Balaban J connectivity index is 1.77. The fourth-order valence-corrected chi connectivity index (χ4v) is 3.28. The molecular formula is C15H20N3O2+. The van der Waals surface area contributed by atoms with Crippen molar-refractivity contribution in [1.82, 2.24) is 9.78 Å². The second kappa shape index (κ2) is 4.84. The fourth-order valence-electron chi connectivity index (χ4n) is 3.28. The van der Waals surface area contributed by atoms with Gasteiger partial charge in [-0.25, -0.2) is 0 Å². The Bertz CT molecular complexity index is 625. The summed E-state index contributed by atoms with van der Waals surface area (Å²) in [5.74, 6) is 0. The van der Waals surface area contributed by atoms with Gasteiger partial charge in [-0.05, 0) is 6.07 Å². The van der Waals surface area contributed by atoms with Gasteiger partial charge in [-0.2, -0.15) is 5.10 Å². The van der Waals surface area contributed by atoms with Crippen LogP contribution in [0.2, 0.25) is 0 Å². The van der Waals surface area contributed by atoms with Crippen LogP contribution in [0.5, 0.6) is 0 Å². The SMILES string of the molecule is C[NH+]1CCO[C@@H]([C@@H]2OCCn3nc4ccccc4c32)C1. The summed E-state index contributed by atoms with van der Waals surface area (Å²) < 4.78 is 14.1. The van der Waals surface area contributed by atoms with Crippen molar-refractivity contribution < 1.29 is 14.4 Å². The van der Waals surface area contributed by atoms with Crippen LogP contribution in [-0.4, -0.2) is 49.2 Å². The highest BCUT2D eigenvalue weighted by Gasteiger charge is 2.36. The molecule has 2 aliphatic rings. The van der Waals surface area contributed by atoms with Gasteiger partial charge in [0.1, 0.15) is 25.3 Å². The molecule has 1 saturated heterocycles. The molecule has 1 unspecified atom stereocenters. The average Bonchev–Trinajstić information content (AvgIpc) is 2.85. The lowest BCUT2D eigenvalue weighted by molar-refractivity contribution is -0.892. The number of nitrogens with one attached hydrogen (secondary N) is 1. The first-order valence-electron chi connectivity index (χ1n) is 7.33. The second-order valence-corrected chi connectivity index (χ2v) is 5.74. The molecular weight excluding hydrogens is 254 g/mol. The maximum atomic E-state index is 6.06. The first kappa shape index (κ1) is 12.3. The quantitative estimate of drug-likeness (QED) is 0.797. The zero-order valence-corrected chi connectivity index (χ0v) is 11.7. The average molecular weight is 274 g/mol. The monoisotopic (exact) mass is 274 g/mol. The van der Waals surface area contributed by atoms with Gasteiger partial charge >= 0.3 is 0 Å². The number of hydrogen-bond acceptors (Lipinski definition) is 3. The molecule has 3 atom stereocenters. The van der Waals surface area contributed by atoms with Gasteiger partial charge in [-0.1, -0.05) is 18.2 Å². The molecule has 5 heteroatoms. The Hall–Kier alpha value is -1.43. The molecule has 0 radical (unpaired) electrons. The number of ether oxygens (including phenoxy) is 2. The highest BCUT2D eigenvalue weighted by atomic mass is 16.5. The summed E-state index contributed by atoms with van der Waals surface area (Å²) in [7, 11) is 2.22. The Morgan fingerprint density at radius 2 is 2.15 bits per heavy atom. The van der Waals surface area contributed by atoms with Crippen LogP contribution in [0.25, 0.3) is 10.9 Å². The number of rotatable bonds is 1. The summed E-state index contributed by atoms with van der Waals surface area (Å²) in [4.78, 5) is 1.51. The van der Waals surface area contributed by atoms with E-state index in [0.717, 1.165) is 31.8 Å². The van der Waals surface area contributed by atoms with E-state index in [2.05, 4.69) is 29.9 Å². The molecule has 4 rings (SSSR count). The van der Waals surface area contributed by atoms with Crippen molar-refractivity contribution >= 4 is 10.9 Å². The molecule has 1 aromatic heterocycles. The van der Waals surface area contributed by atoms with Crippen LogP contribution in [0.4, 0.5) is 0 Å². The zero-order valence-electron chi connectivity index (χ0n) is 11.7. The van der Waals surface area contributed by atoms with Crippen LogP contribution >= 0.6 is 0 Å². The van der Waals surface area contributed by atoms with Gasteiger partial charge in [-0.3, -0.25) is 4.68 Å². The van der Waals surface area contributed by atoms with Crippen molar-refractivity contribution in [2.24, 2.45) is 0 Å². The Kier molecular flexibility index (Phi) is 2.98. The first-order valence-corrected chi connectivity index (χ1v) is 7.33. The number of morpholine rings is 1. The van der Waals surface area contributed by atoms with Gasteiger partial charge < -0.3 is 14.4 Å². The number of aromatic nitrogens is 2. The van der Waals surface area contributed by atoms with Crippen LogP contribution in [0.3, 0.4) is 0 Å². The van der Waals surface area contributed by atoms with Crippen molar-refractivity contribution in [3.63, 3.8) is 0 Å². The molecule has 106 valence electrons. The topological polar surface area (TPSA) is 40.7 Å². The molecule has 20 heavy (non-hydrogen) atoms. The van der Waals surface area contributed by atoms with E-state index in [1.165, 1.54) is 16.0 Å². The number of likely N-dealkylation sites (N-methyl/N-ethyl adjacent to an activating group) is 1. The summed E-state index contributed by atoms with van der Waals surface area (Å²) >= 11 is 0.